The molecule has 0 aliphatic heterocycles. The van der Waals surface area contributed by atoms with Crippen LogP contribution >= 0.6 is 11.3 Å². The number of nitriles is 1. The molecule has 1 N–H and O–H groups in total. The van der Waals surface area contributed by atoms with Gasteiger partial charge in [-0.25, -0.2) is 4.98 Å². The van der Waals surface area contributed by atoms with E-state index in [-0.39, 0.29) is 5.91 Å². The lowest BCUT2D eigenvalue weighted by molar-refractivity contribution is -0.123. The molecule has 0 saturated carbocycles. The Kier molecular flexibility index (Phi) is 6.19. The number of amides is 1. The Bertz CT molecular complexity index is 1240. The molecule has 0 bridgehead atoms. The van der Waals surface area contributed by atoms with Gasteiger partial charge in [0.2, 0.25) is 6.10 Å². The maximum Gasteiger partial charge on any atom is 0.271 e. The Hall–Kier alpha value is -4.09. The topological polar surface area (TPSA) is 93.5 Å². The van der Waals surface area contributed by atoms with Crippen LogP contribution < -0.4 is 19.5 Å². The summed E-state index contributed by atoms with van der Waals surface area (Å²) in [6, 6.07) is 21.5. The minimum absolute atomic E-state index is 0.378. The largest absolute Gasteiger partial charge is 0.493 e. The fraction of sp³-hybridized carbons (Fsp3) is 0.125. The summed E-state index contributed by atoms with van der Waals surface area (Å²) in [7, 11) is 3.12. The molecule has 8 heteroatoms. The van der Waals surface area contributed by atoms with Gasteiger partial charge >= 0.3 is 0 Å². The van der Waals surface area contributed by atoms with Gasteiger partial charge in [0.15, 0.2) is 16.6 Å². The first-order valence-electron chi connectivity index (χ1n) is 9.66. The third-order valence-electron chi connectivity index (χ3n) is 4.70. The number of thiazole rings is 1. The number of hydrogen-bond donors (Lipinski definition) is 1. The molecule has 0 spiro atoms. The fourth-order valence-electron chi connectivity index (χ4n) is 3.12. The number of hydrogen-bond acceptors (Lipinski definition) is 7. The van der Waals surface area contributed by atoms with Gasteiger partial charge in [-0.15, -0.1) is 0 Å². The van der Waals surface area contributed by atoms with Crippen LogP contribution in [0.4, 0.5) is 5.13 Å². The first kappa shape index (κ1) is 21.2. The minimum Gasteiger partial charge on any atom is -0.493 e. The maximum absolute atomic E-state index is 13.2. The summed E-state index contributed by atoms with van der Waals surface area (Å²) in [6.07, 6.45) is -0.929. The van der Waals surface area contributed by atoms with E-state index in [0.29, 0.717) is 39.0 Å². The molecule has 3 aromatic carbocycles. The fourth-order valence-corrected chi connectivity index (χ4v) is 4.00. The molecule has 4 aromatic rings. The van der Waals surface area contributed by atoms with Gasteiger partial charge in [0.05, 0.1) is 36.1 Å². The molecule has 0 aliphatic carbocycles. The van der Waals surface area contributed by atoms with Gasteiger partial charge in [0, 0.05) is 17.7 Å². The van der Waals surface area contributed by atoms with Crippen molar-refractivity contribution in [2.45, 2.75) is 6.10 Å². The predicted molar refractivity (Wildman–Crippen MR) is 122 cm³/mol. The van der Waals surface area contributed by atoms with Crippen molar-refractivity contribution < 1.29 is 19.0 Å². The van der Waals surface area contributed by atoms with Crippen molar-refractivity contribution in [3.8, 4) is 23.3 Å². The number of aromatic nitrogens is 1. The van der Waals surface area contributed by atoms with Gasteiger partial charge < -0.3 is 14.2 Å². The van der Waals surface area contributed by atoms with Crippen molar-refractivity contribution in [1.82, 2.24) is 4.98 Å². The Morgan fingerprint density at radius 1 is 1.03 bits per heavy atom. The molecule has 0 aliphatic rings. The molecule has 1 aromatic heterocycles. The smallest absolute Gasteiger partial charge is 0.271 e. The number of ether oxygens (including phenoxy) is 3. The van der Waals surface area contributed by atoms with E-state index in [4.69, 9.17) is 19.5 Å². The maximum atomic E-state index is 13.2. The number of nitrogens with one attached hydrogen (secondary N) is 1. The summed E-state index contributed by atoms with van der Waals surface area (Å²) < 4.78 is 17.5. The normalized spacial score (nSPS) is 11.4. The molecular formula is C24H19N3O4S. The van der Waals surface area contributed by atoms with Gasteiger partial charge in [-0.2, -0.15) is 5.26 Å². The highest BCUT2D eigenvalue weighted by Crippen LogP contribution is 2.36. The van der Waals surface area contributed by atoms with E-state index in [1.54, 1.807) is 56.7 Å². The number of fused-ring (bicyclic) bond motifs is 1. The monoisotopic (exact) mass is 445 g/mol. The molecule has 0 saturated heterocycles. The van der Waals surface area contributed by atoms with Crippen LogP contribution in [0.3, 0.4) is 0 Å². The second kappa shape index (κ2) is 9.37. The standard InChI is InChI=1S/C24H19N3O4S/c1-29-19-12-18-21(13-20(19)30-2)32-24(26-18)27-23(28)22(31-17-6-4-3-5-7-17)16-10-8-15(14-25)9-11-16/h3-13,22H,1-2H3,(H,26,27,28). The Morgan fingerprint density at radius 2 is 1.72 bits per heavy atom. The first-order valence-corrected chi connectivity index (χ1v) is 10.5. The summed E-state index contributed by atoms with van der Waals surface area (Å²) in [5, 5.41) is 12.3. The third-order valence-corrected chi connectivity index (χ3v) is 5.64. The van der Waals surface area contributed by atoms with E-state index in [0.717, 1.165) is 4.70 Å². The number of anilines is 1. The van der Waals surface area contributed by atoms with Crippen LogP contribution in [0.2, 0.25) is 0 Å². The Labute approximate surface area is 188 Å². The van der Waals surface area contributed by atoms with Crippen molar-refractivity contribution in [3.05, 3.63) is 77.9 Å². The van der Waals surface area contributed by atoms with Crippen LogP contribution in [-0.2, 0) is 4.79 Å². The summed E-state index contributed by atoms with van der Waals surface area (Å²) in [4.78, 5) is 17.7. The molecule has 0 radical (unpaired) electrons. The molecule has 1 amide bonds. The molecular weight excluding hydrogens is 426 g/mol. The molecule has 7 nitrogen and oxygen atoms in total. The molecule has 160 valence electrons. The molecule has 32 heavy (non-hydrogen) atoms. The second-order valence-corrected chi connectivity index (χ2v) is 7.76. The van der Waals surface area contributed by atoms with E-state index in [2.05, 4.69) is 16.4 Å². The number of methoxy groups -OCH3 is 2. The second-order valence-electron chi connectivity index (χ2n) is 6.73. The van der Waals surface area contributed by atoms with Gasteiger partial charge in [0.1, 0.15) is 5.75 Å². The summed E-state index contributed by atoms with van der Waals surface area (Å²) >= 11 is 1.32. The van der Waals surface area contributed by atoms with Gasteiger partial charge in [0.25, 0.3) is 5.91 Å². The van der Waals surface area contributed by atoms with Crippen LogP contribution in [-0.4, -0.2) is 25.1 Å². The lowest BCUT2D eigenvalue weighted by Crippen LogP contribution is -2.25. The number of carbonyl (C=O) groups excluding carboxylic acids is 1. The highest BCUT2D eigenvalue weighted by atomic mass is 32.1. The van der Waals surface area contributed by atoms with Gasteiger partial charge in [-0.05, 0) is 24.3 Å². The lowest BCUT2D eigenvalue weighted by atomic mass is 10.1. The summed E-state index contributed by atoms with van der Waals surface area (Å²) in [6.45, 7) is 0. The Morgan fingerprint density at radius 3 is 2.38 bits per heavy atom. The highest BCUT2D eigenvalue weighted by molar-refractivity contribution is 7.22. The van der Waals surface area contributed by atoms with Crippen molar-refractivity contribution in [3.63, 3.8) is 0 Å². The SMILES string of the molecule is COc1cc2nc(NC(=O)C(Oc3ccccc3)c3ccc(C#N)cc3)sc2cc1OC. The minimum atomic E-state index is -0.929. The van der Waals surface area contributed by atoms with Crippen LogP contribution in [0.5, 0.6) is 17.2 Å². The van der Waals surface area contributed by atoms with E-state index >= 15 is 0 Å². The van der Waals surface area contributed by atoms with Crippen LogP contribution in [0, 0.1) is 11.3 Å². The lowest BCUT2D eigenvalue weighted by Gasteiger charge is -2.18. The van der Waals surface area contributed by atoms with Crippen molar-refractivity contribution >= 4 is 32.6 Å². The number of benzene rings is 3. The van der Waals surface area contributed by atoms with Crippen LogP contribution in [0.1, 0.15) is 17.2 Å². The Balaban J connectivity index is 1.63. The van der Waals surface area contributed by atoms with E-state index in [1.807, 2.05) is 24.3 Å². The van der Waals surface area contributed by atoms with Gasteiger partial charge in [-0.1, -0.05) is 41.7 Å². The molecule has 1 unspecified atom stereocenters. The van der Waals surface area contributed by atoms with Crippen molar-refractivity contribution in [2.24, 2.45) is 0 Å². The number of rotatable bonds is 7. The van der Waals surface area contributed by atoms with E-state index in [9.17, 15) is 4.79 Å². The highest BCUT2D eigenvalue weighted by Gasteiger charge is 2.24. The third kappa shape index (κ3) is 4.48. The zero-order valence-electron chi connectivity index (χ0n) is 17.4. The summed E-state index contributed by atoms with van der Waals surface area (Å²) in [5.41, 5.74) is 1.80. The van der Waals surface area contributed by atoms with Crippen LogP contribution in [0.25, 0.3) is 10.2 Å². The predicted octanol–water partition coefficient (Wildman–Crippen LogP) is 4.94. The van der Waals surface area contributed by atoms with Crippen LogP contribution in [0.15, 0.2) is 66.7 Å². The molecule has 0 fully saturated rings. The molecule has 1 heterocycles. The number of nitrogens with zero attached hydrogens (tertiary/aromatic N) is 2. The molecule has 1 atom stereocenters. The van der Waals surface area contributed by atoms with Gasteiger partial charge in [-0.3, -0.25) is 10.1 Å². The summed E-state index contributed by atoms with van der Waals surface area (Å²) in [5.74, 6) is 1.32. The zero-order valence-corrected chi connectivity index (χ0v) is 18.2. The average Bonchev–Trinajstić information content (AvgIpc) is 3.23. The number of para-hydroxylation sites is 1. The van der Waals surface area contributed by atoms with Crippen molar-refractivity contribution in [2.75, 3.05) is 19.5 Å². The van der Waals surface area contributed by atoms with Crippen molar-refractivity contribution in [1.29, 1.82) is 5.26 Å². The first-order chi connectivity index (χ1) is 15.6. The average molecular weight is 446 g/mol. The zero-order chi connectivity index (χ0) is 22.5. The van der Waals surface area contributed by atoms with E-state index < -0.39 is 6.10 Å². The molecule has 4 rings (SSSR count). The number of carbonyl (C=O) groups is 1. The quantitative estimate of drug-likeness (QED) is 0.433. The van der Waals surface area contributed by atoms with E-state index in [1.165, 1.54) is 11.3 Å².